The fourth-order valence-corrected chi connectivity index (χ4v) is 4.78. The number of nitrogens with zero attached hydrogens (tertiary/aromatic N) is 1. The molecule has 0 atom stereocenters. The lowest BCUT2D eigenvalue weighted by Gasteiger charge is -2.29. The molecule has 0 unspecified atom stereocenters. The predicted molar refractivity (Wildman–Crippen MR) is 142 cm³/mol. The van der Waals surface area contributed by atoms with Crippen molar-refractivity contribution in [3.63, 3.8) is 0 Å². The molecule has 1 aliphatic rings. The van der Waals surface area contributed by atoms with E-state index in [0.717, 1.165) is 43.9 Å². The first-order valence-corrected chi connectivity index (χ1v) is 12.4. The van der Waals surface area contributed by atoms with Crippen LogP contribution >= 0.6 is 0 Å². The summed E-state index contributed by atoms with van der Waals surface area (Å²) < 4.78 is 44.1. The number of fused-ring (bicyclic) bond motifs is 1. The quantitative estimate of drug-likeness (QED) is 0.295. The van der Waals surface area contributed by atoms with Crippen LogP contribution in [-0.2, 0) is 25.7 Å². The Hall–Kier alpha value is -4.10. The van der Waals surface area contributed by atoms with E-state index in [2.05, 4.69) is 22.3 Å². The van der Waals surface area contributed by atoms with Gasteiger partial charge in [-0.15, -0.1) is 0 Å². The first-order valence-electron chi connectivity index (χ1n) is 12.4. The number of carbonyl (C=O) groups is 1. The molecule has 0 radical (unpaired) electrons. The van der Waals surface area contributed by atoms with Gasteiger partial charge < -0.3 is 10.1 Å². The van der Waals surface area contributed by atoms with Crippen molar-refractivity contribution in [2.24, 2.45) is 0 Å². The summed E-state index contributed by atoms with van der Waals surface area (Å²) in [6, 6.07) is 25.8. The number of ether oxygens (including phenoxy) is 1. The Labute approximate surface area is 219 Å². The molecule has 5 rings (SSSR count). The second-order valence-electron chi connectivity index (χ2n) is 9.37. The molecule has 194 valence electrons. The normalized spacial score (nSPS) is 13.6. The monoisotopic (exact) mass is 516 g/mol. The summed E-state index contributed by atoms with van der Waals surface area (Å²) >= 11 is 0. The average Bonchev–Trinajstić information content (AvgIpc) is 2.93. The van der Waals surface area contributed by atoms with Crippen molar-refractivity contribution in [1.82, 2.24) is 4.90 Å². The van der Waals surface area contributed by atoms with E-state index in [0.29, 0.717) is 22.4 Å². The van der Waals surface area contributed by atoms with Crippen LogP contribution in [0.1, 0.15) is 32.6 Å². The molecule has 0 aliphatic carbocycles. The van der Waals surface area contributed by atoms with Crippen LogP contribution in [0.3, 0.4) is 0 Å². The average molecular weight is 517 g/mol. The second kappa shape index (κ2) is 10.7. The third kappa shape index (κ3) is 5.73. The van der Waals surface area contributed by atoms with Gasteiger partial charge >= 0.3 is 6.18 Å². The number of carbonyl (C=O) groups excluding carboxylic acids is 1. The Morgan fingerprint density at radius 3 is 2.37 bits per heavy atom. The van der Waals surface area contributed by atoms with Crippen LogP contribution in [0.4, 0.5) is 18.9 Å². The van der Waals surface area contributed by atoms with Gasteiger partial charge in [0.2, 0.25) is 0 Å². The summed E-state index contributed by atoms with van der Waals surface area (Å²) in [5, 5.41) is 2.97. The van der Waals surface area contributed by atoms with Gasteiger partial charge in [0, 0.05) is 30.9 Å². The number of benzene rings is 4. The molecule has 0 spiro atoms. The molecule has 0 saturated carbocycles. The predicted octanol–water partition coefficient (Wildman–Crippen LogP) is 7.19. The second-order valence-corrected chi connectivity index (χ2v) is 9.37. The molecule has 7 heteroatoms. The molecule has 4 aromatic carbocycles. The van der Waals surface area contributed by atoms with E-state index < -0.39 is 11.7 Å². The number of methoxy groups -OCH3 is 1. The van der Waals surface area contributed by atoms with Crippen LogP contribution < -0.4 is 10.1 Å². The Bertz CT molecular complexity index is 1430. The maximum absolute atomic E-state index is 13.2. The molecule has 0 aromatic heterocycles. The third-order valence-electron chi connectivity index (χ3n) is 6.82. The van der Waals surface area contributed by atoms with E-state index in [4.69, 9.17) is 4.74 Å². The molecule has 1 aliphatic heterocycles. The van der Waals surface area contributed by atoms with Gasteiger partial charge in [0.15, 0.2) is 0 Å². The summed E-state index contributed by atoms with van der Waals surface area (Å²) in [6.45, 7) is 2.59. The molecule has 38 heavy (non-hydrogen) atoms. The fourth-order valence-electron chi connectivity index (χ4n) is 4.78. The van der Waals surface area contributed by atoms with Crippen molar-refractivity contribution in [1.29, 1.82) is 0 Å². The van der Waals surface area contributed by atoms with E-state index in [1.54, 1.807) is 31.4 Å². The molecular weight excluding hydrogens is 489 g/mol. The highest BCUT2D eigenvalue weighted by Gasteiger charge is 2.30. The number of rotatable bonds is 6. The van der Waals surface area contributed by atoms with Crippen LogP contribution in [0, 0.1) is 0 Å². The van der Waals surface area contributed by atoms with Gasteiger partial charge in [-0.2, -0.15) is 13.2 Å². The van der Waals surface area contributed by atoms with Crippen LogP contribution in [0.25, 0.3) is 11.1 Å². The number of hydrogen-bond donors (Lipinski definition) is 1. The minimum Gasteiger partial charge on any atom is -0.497 e. The van der Waals surface area contributed by atoms with Crippen LogP contribution in [-0.4, -0.2) is 24.5 Å². The highest BCUT2D eigenvalue weighted by molar-refractivity contribution is 6.08. The molecule has 1 N–H and O–H groups in total. The van der Waals surface area contributed by atoms with Crippen molar-refractivity contribution in [3.8, 4) is 16.9 Å². The Morgan fingerprint density at radius 1 is 0.921 bits per heavy atom. The number of nitrogens with one attached hydrogen (secondary N) is 1. The lowest BCUT2D eigenvalue weighted by atomic mass is 9.97. The molecule has 4 aromatic rings. The van der Waals surface area contributed by atoms with Gasteiger partial charge in [-0.05, 0) is 76.7 Å². The van der Waals surface area contributed by atoms with Crippen LogP contribution in [0.5, 0.6) is 5.75 Å². The molecular formula is C31H27F3N2O2. The Balaban J connectivity index is 1.28. The van der Waals surface area contributed by atoms with Crippen molar-refractivity contribution in [2.45, 2.75) is 25.7 Å². The van der Waals surface area contributed by atoms with Gasteiger partial charge in [-0.3, -0.25) is 9.69 Å². The van der Waals surface area contributed by atoms with Gasteiger partial charge in [0.05, 0.1) is 12.7 Å². The number of amides is 1. The minimum atomic E-state index is -4.41. The van der Waals surface area contributed by atoms with Gasteiger partial charge in [-0.25, -0.2) is 0 Å². The minimum absolute atomic E-state index is 0.308. The third-order valence-corrected chi connectivity index (χ3v) is 6.82. The molecule has 4 nitrogen and oxygen atoms in total. The SMILES string of the molecule is COc1ccc(CN2CCc3cc(NC(=O)c4ccccc4-c4ccc(C(F)(F)F)cc4)ccc3C2)cc1. The molecule has 0 fully saturated rings. The zero-order valence-corrected chi connectivity index (χ0v) is 20.9. The zero-order valence-electron chi connectivity index (χ0n) is 20.9. The van der Waals surface area contributed by atoms with Crippen molar-refractivity contribution < 1.29 is 22.7 Å². The number of hydrogen-bond acceptors (Lipinski definition) is 3. The first kappa shape index (κ1) is 25.5. The summed E-state index contributed by atoms with van der Waals surface area (Å²) in [4.78, 5) is 15.6. The lowest BCUT2D eigenvalue weighted by Crippen LogP contribution is -2.30. The summed E-state index contributed by atoms with van der Waals surface area (Å²) in [5.74, 6) is 0.534. The summed E-state index contributed by atoms with van der Waals surface area (Å²) in [7, 11) is 1.66. The molecule has 0 bridgehead atoms. The van der Waals surface area contributed by atoms with E-state index >= 15 is 0 Å². The van der Waals surface area contributed by atoms with Crippen molar-refractivity contribution in [3.05, 3.63) is 119 Å². The topological polar surface area (TPSA) is 41.6 Å². The maximum Gasteiger partial charge on any atom is 0.416 e. The molecule has 1 amide bonds. The Kier molecular flexibility index (Phi) is 7.20. The van der Waals surface area contributed by atoms with Crippen molar-refractivity contribution in [2.75, 3.05) is 19.0 Å². The fraction of sp³-hybridized carbons (Fsp3) is 0.194. The highest BCUT2D eigenvalue weighted by Crippen LogP contribution is 2.32. The lowest BCUT2D eigenvalue weighted by molar-refractivity contribution is -0.137. The van der Waals surface area contributed by atoms with Gasteiger partial charge in [-0.1, -0.05) is 48.5 Å². The van der Waals surface area contributed by atoms with E-state index in [9.17, 15) is 18.0 Å². The highest BCUT2D eigenvalue weighted by atomic mass is 19.4. The van der Waals surface area contributed by atoms with Gasteiger partial charge in [0.25, 0.3) is 5.91 Å². The summed E-state index contributed by atoms with van der Waals surface area (Å²) in [5.41, 5.74) is 5.15. The zero-order chi connectivity index (χ0) is 26.7. The summed E-state index contributed by atoms with van der Waals surface area (Å²) in [6.07, 6.45) is -3.54. The van der Waals surface area contributed by atoms with Crippen LogP contribution in [0.2, 0.25) is 0 Å². The smallest absolute Gasteiger partial charge is 0.416 e. The number of halogens is 3. The van der Waals surface area contributed by atoms with E-state index in [1.807, 2.05) is 30.3 Å². The Morgan fingerprint density at radius 2 is 1.66 bits per heavy atom. The standard InChI is InChI=1S/C31H27F3N2O2/c1-38-27-14-6-21(7-15-27)19-36-17-16-23-18-26(13-10-24(23)20-36)35-30(37)29-5-3-2-4-28(29)22-8-11-25(12-9-22)31(32,33)34/h2-15,18H,16-17,19-20H2,1H3,(H,35,37). The maximum atomic E-state index is 13.2. The molecule has 0 saturated heterocycles. The number of alkyl halides is 3. The van der Waals surface area contributed by atoms with Gasteiger partial charge in [0.1, 0.15) is 5.75 Å². The molecule has 1 heterocycles. The number of anilines is 1. The van der Waals surface area contributed by atoms with E-state index in [-0.39, 0.29) is 5.91 Å². The first-order chi connectivity index (χ1) is 18.3. The van der Waals surface area contributed by atoms with Crippen LogP contribution in [0.15, 0.2) is 91.0 Å². The van der Waals surface area contributed by atoms with Crippen molar-refractivity contribution >= 4 is 11.6 Å². The van der Waals surface area contributed by atoms with E-state index in [1.165, 1.54) is 28.8 Å². The largest absolute Gasteiger partial charge is 0.497 e.